The molecule has 2 aromatic carbocycles. The molecule has 176 valence electrons. The predicted molar refractivity (Wildman–Crippen MR) is 136 cm³/mol. The van der Waals surface area contributed by atoms with E-state index in [1.165, 1.54) is 0 Å². The van der Waals surface area contributed by atoms with Gasteiger partial charge in [-0.05, 0) is 17.2 Å². The lowest BCUT2D eigenvalue weighted by Crippen LogP contribution is -2.59. The van der Waals surface area contributed by atoms with E-state index < -0.39 is 0 Å². The zero-order valence-corrected chi connectivity index (χ0v) is 19.6. The summed E-state index contributed by atoms with van der Waals surface area (Å²) in [5, 5.41) is 3.55. The molecule has 3 heterocycles. The highest BCUT2D eigenvalue weighted by molar-refractivity contribution is 6.60. The first-order valence-corrected chi connectivity index (χ1v) is 11.8. The molecule has 7 nitrogen and oxygen atoms in total. The van der Waals surface area contributed by atoms with Gasteiger partial charge in [-0.25, -0.2) is 0 Å². The van der Waals surface area contributed by atoms with Crippen molar-refractivity contribution in [2.24, 2.45) is 0 Å². The van der Waals surface area contributed by atoms with Gasteiger partial charge in [-0.2, -0.15) is 0 Å². The highest BCUT2D eigenvalue weighted by Gasteiger charge is 2.39. The van der Waals surface area contributed by atoms with Crippen LogP contribution in [0.15, 0.2) is 89.8 Å². The Hall–Kier alpha value is -3.91. The molecule has 0 spiro atoms. The third-order valence-corrected chi connectivity index (χ3v) is 6.67. The van der Waals surface area contributed by atoms with Gasteiger partial charge in [0.05, 0.1) is 12.3 Å². The molecular weight excluding hydrogens is 439 g/mol. The van der Waals surface area contributed by atoms with Gasteiger partial charge in [-0.15, -0.1) is 0 Å². The molecule has 1 aliphatic heterocycles. The molecule has 0 aliphatic carbocycles. The summed E-state index contributed by atoms with van der Waals surface area (Å²) in [6.45, 7) is 1.00. The van der Waals surface area contributed by atoms with Gasteiger partial charge in [0.1, 0.15) is 11.1 Å². The van der Waals surface area contributed by atoms with Crippen LogP contribution in [0, 0.1) is 0 Å². The SMILES string of the molecule is CNC(=O)CB1CN(C(=O)c2cncc3ccoc23)CCN1C(c1ccccc1)c1ccccc1. The van der Waals surface area contributed by atoms with Gasteiger partial charge in [0.15, 0.2) is 0 Å². The normalized spacial score (nSPS) is 14.5. The molecule has 2 aromatic heterocycles. The topological polar surface area (TPSA) is 78.7 Å². The second-order valence-electron chi connectivity index (χ2n) is 8.77. The summed E-state index contributed by atoms with van der Waals surface area (Å²) in [5.74, 6) is -0.181. The molecule has 1 N–H and O–H groups in total. The van der Waals surface area contributed by atoms with Crippen molar-refractivity contribution in [3.05, 3.63) is 102 Å². The van der Waals surface area contributed by atoms with Crippen LogP contribution < -0.4 is 5.32 Å². The maximum absolute atomic E-state index is 13.5. The van der Waals surface area contributed by atoms with E-state index in [1.807, 2.05) is 41.3 Å². The van der Waals surface area contributed by atoms with Crippen LogP contribution in [-0.2, 0) is 4.79 Å². The molecular formula is C27H27BN4O3. The highest BCUT2D eigenvalue weighted by atomic mass is 16.3. The van der Waals surface area contributed by atoms with Gasteiger partial charge in [0.25, 0.3) is 12.8 Å². The molecule has 0 unspecified atom stereocenters. The molecule has 4 aromatic rings. The number of furan rings is 1. The Morgan fingerprint density at radius 1 is 1.00 bits per heavy atom. The number of nitrogens with one attached hydrogen (secondary N) is 1. The number of carbonyl (C=O) groups excluding carboxylic acids is 2. The van der Waals surface area contributed by atoms with Crippen LogP contribution in [0.1, 0.15) is 27.5 Å². The summed E-state index contributed by atoms with van der Waals surface area (Å²) in [6, 6.07) is 22.4. The average molecular weight is 466 g/mol. The van der Waals surface area contributed by atoms with Crippen molar-refractivity contribution in [2.75, 3.05) is 26.6 Å². The van der Waals surface area contributed by atoms with Crippen molar-refractivity contribution in [2.45, 2.75) is 12.4 Å². The van der Waals surface area contributed by atoms with Gasteiger partial charge >= 0.3 is 0 Å². The maximum Gasteiger partial charge on any atom is 0.258 e. The molecule has 0 bridgehead atoms. The molecule has 1 aliphatic rings. The van der Waals surface area contributed by atoms with Crippen LogP contribution in [0.2, 0.25) is 6.32 Å². The van der Waals surface area contributed by atoms with Crippen molar-refractivity contribution in [1.29, 1.82) is 0 Å². The summed E-state index contributed by atoms with van der Waals surface area (Å²) in [5.41, 5.74) is 3.30. The summed E-state index contributed by atoms with van der Waals surface area (Å²) in [6.07, 6.45) is 5.54. The van der Waals surface area contributed by atoms with Gasteiger partial charge in [-0.3, -0.25) is 14.6 Å². The largest absolute Gasteiger partial charge is 0.463 e. The molecule has 5 rings (SSSR count). The lowest BCUT2D eigenvalue weighted by atomic mass is 9.54. The Balaban J connectivity index is 1.48. The number of carbonyl (C=O) groups is 2. The summed E-state index contributed by atoms with van der Waals surface area (Å²) >= 11 is 0. The molecule has 1 fully saturated rings. The second kappa shape index (κ2) is 10.2. The van der Waals surface area contributed by atoms with Crippen LogP contribution in [0.4, 0.5) is 0 Å². The first-order chi connectivity index (χ1) is 17.2. The highest BCUT2D eigenvalue weighted by Crippen LogP contribution is 2.32. The lowest BCUT2D eigenvalue weighted by Gasteiger charge is -2.44. The van der Waals surface area contributed by atoms with Crippen LogP contribution in [-0.4, -0.2) is 59.9 Å². The van der Waals surface area contributed by atoms with Crippen molar-refractivity contribution in [1.82, 2.24) is 20.0 Å². The van der Waals surface area contributed by atoms with E-state index >= 15 is 0 Å². The Labute approximate surface area is 204 Å². The fraction of sp³-hybridized carbons (Fsp3) is 0.222. The molecule has 35 heavy (non-hydrogen) atoms. The zero-order valence-electron chi connectivity index (χ0n) is 19.6. The lowest BCUT2D eigenvalue weighted by molar-refractivity contribution is -0.118. The first-order valence-electron chi connectivity index (χ1n) is 11.8. The van der Waals surface area contributed by atoms with Crippen molar-refractivity contribution in [3.8, 4) is 0 Å². The monoisotopic (exact) mass is 466 g/mol. The second-order valence-corrected chi connectivity index (χ2v) is 8.77. The van der Waals surface area contributed by atoms with E-state index in [2.05, 4.69) is 39.4 Å². The third kappa shape index (κ3) is 4.70. The number of hydrogen-bond acceptors (Lipinski definition) is 5. The van der Waals surface area contributed by atoms with E-state index in [4.69, 9.17) is 4.42 Å². The Bertz CT molecular complexity index is 1270. The Kier molecular flexibility index (Phi) is 6.63. The van der Waals surface area contributed by atoms with E-state index in [0.717, 1.165) is 16.5 Å². The molecule has 0 radical (unpaired) electrons. The van der Waals surface area contributed by atoms with Gasteiger partial charge in [0.2, 0.25) is 5.91 Å². The number of amides is 2. The Morgan fingerprint density at radius 3 is 2.34 bits per heavy atom. The van der Waals surface area contributed by atoms with E-state index in [9.17, 15) is 9.59 Å². The van der Waals surface area contributed by atoms with Gasteiger partial charge in [-0.1, -0.05) is 60.7 Å². The van der Waals surface area contributed by atoms with Crippen LogP contribution in [0.3, 0.4) is 0 Å². The standard InChI is InChI=1S/C27H27BN4O3/c1-29-24(33)16-28-19-31(27(34)23-18-30-17-22-12-15-35-26(22)23)13-14-32(28)25(20-8-4-2-5-9-20)21-10-6-3-7-11-21/h2-12,15,17-18,25H,13-14,16,19H2,1H3,(H,29,33). The van der Waals surface area contributed by atoms with Crippen LogP contribution >= 0.6 is 0 Å². The minimum Gasteiger partial charge on any atom is -0.463 e. The molecule has 8 heteroatoms. The number of hydrogen-bond donors (Lipinski definition) is 1. The number of benzene rings is 2. The molecule has 2 amide bonds. The number of pyridine rings is 1. The maximum atomic E-state index is 13.5. The quantitative estimate of drug-likeness (QED) is 0.439. The average Bonchev–Trinajstić information content (AvgIpc) is 3.40. The minimum absolute atomic E-state index is 0.0283. The van der Waals surface area contributed by atoms with Gasteiger partial charge < -0.3 is 19.4 Å². The number of rotatable bonds is 6. The summed E-state index contributed by atoms with van der Waals surface area (Å²) < 4.78 is 5.58. The summed E-state index contributed by atoms with van der Waals surface area (Å²) in [4.78, 5) is 34.5. The van der Waals surface area contributed by atoms with Gasteiger partial charge in [0, 0.05) is 50.7 Å². The van der Waals surface area contributed by atoms with E-state index in [1.54, 1.807) is 31.8 Å². The van der Waals surface area contributed by atoms with E-state index in [-0.39, 0.29) is 24.7 Å². The van der Waals surface area contributed by atoms with Crippen molar-refractivity contribution in [3.63, 3.8) is 0 Å². The first kappa shape index (κ1) is 22.9. The molecule has 0 saturated carbocycles. The van der Waals surface area contributed by atoms with Crippen LogP contribution in [0.25, 0.3) is 11.0 Å². The number of nitrogens with zero attached hydrogens (tertiary/aromatic N) is 3. The van der Waals surface area contributed by atoms with Crippen LogP contribution in [0.5, 0.6) is 0 Å². The summed E-state index contributed by atoms with van der Waals surface area (Å²) in [7, 11) is 1.65. The molecule has 1 saturated heterocycles. The smallest absolute Gasteiger partial charge is 0.258 e. The fourth-order valence-electron chi connectivity index (χ4n) is 4.95. The number of aromatic nitrogens is 1. The van der Waals surface area contributed by atoms with Crippen molar-refractivity contribution >= 4 is 29.6 Å². The zero-order chi connectivity index (χ0) is 24.2. The molecule has 0 atom stereocenters. The number of fused-ring (bicyclic) bond motifs is 1. The van der Waals surface area contributed by atoms with Crippen molar-refractivity contribution < 1.29 is 14.0 Å². The predicted octanol–water partition coefficient (Wildman–Crippen LogP) is 3.65. The minimum atomic E-state index is -0.165. The fourth-order valence-corrected chi connectivity index (χ4v) is 4.95. The van der Waals surface area contributed by atoms with E-state index in [0.29, 0.717) is 37.0 Å². The third-order valence-electron chi connectivity index (χ3n) is 6.67. The Morgan fingerprint density at radius 2 is 1.69 bits per heavy atom.